The summed E-state index contributed by atoms with van der Waals surface area (Å²) in [5.41, 5.74) is 0.758. The predicted octanol–water partition coefficient (Wildman–Crippen LogP) is 6.76. The Morgan fingerprint density at radius 1 is 1.15 bits per heavy atom. The molecule has 0 aliphatic heterocycles. The minimum absolute atomic E-state index is 0.152. The smallest absolute Gasteiger partial charge is 0.322 e. The van der Waals surface area contributed by atoms with E-state index in [9.17, 15) is 9.59 Å². The Morgan fingerprint density at radius 3 is 2.62 bits per heavy atom. The van der Waals surface area contributed by atoms with Crippen molar-refractivity contribution in [2.75, 3.05) is 5.32 Å². The van der Waals surface area contributed by atoms with Crippen LogP contribution in [0.3, 0.4) is 0 Å². The van der Waals surface area contributed by atoms with E-state index in [2.05, 4.69) is 5.32 Å². The van der Waals surface area contributed by atoms with Crippen molar-refractivity contribution in [1.82, 2.24) is 14.5 Å². The van der Waals surface area contributed by atoms with Gasteiger partial charge in [-0.05, 0) is 62.4 Å². The average molecular weight is 520 g/mol. The number of furan rings is 1. The van der Waals surface area contributed by atoms with Gasteiger partial charge in [0.1, 0.15) is 11.6 Å². The summed E-state index contributed by atoms with van der Waals surface area (Å²) in [6.07, 6.45) is 1.54. The maximum Gasteiger partial charge on any atom is 0.322 e. The minimum Gasteiger partial charge on any atom is -0.467 e. The summed E-state index contributed by atoms with van der Waals surface area (Å²) in [7, 11) is 0. The summed E-state index contributed by atoms with van der Waals surface area (Å²) in [6.45, 7) is 4.19. The largest absolute Gasteiger partial charge is 0.467 e. The number of nitrogens with zero attached hydrogens (tertiary/aromatic N) is 3. The molecule has 34 heavy (non-hydrogen) atoms. The van der Waals surface area contributed by atoms with Gasteiger partial charge in [0.05, 0.1) is 39.8 Å². The standard InChI is InChI=1S/C24H21Cl3N4O3/c1-3-30-22(29-21-9-6-15(25)11-18(21)23(30)32)14(2)31(13-17-5-4-10-34-17)24(33)28-16-7-8-19(26)20(27)12-16/h4-12,14H,3,13H2,1-2H3,(H,28,33). The lowest BCUT2D eigenvalue weighted by molar-refractivity contribution is 0.178. The summed E-state index contributed by atoms with van der Waals surface area (Å²) in [5, 5.41) is 4.41. The Morgan fingerprint density at radius 2 is 1.94 bits per heavy atom. The van der Waals surface area contributed by atoms with Crippen molar-refractivity contribution in [3.8, 4) is 0 Å². The topological polar surface area (TPSA) is 80.4 Å². The number of carbonyl (C=O) groups is 1. The lowest BCUT2D eigenvalue weighted by atomic mass is 10.2. The molecule has 0 bridgehead atoms. The Bertz CT molecular complexity index is 1400. The van der Waals surface area contributed by atoms with E-state index in [0.717, 1.165) is 0 Å². The molecule has 2 amide bonds. The van der Waals surface area contributed by atoms with Crippen molar-refractivity contribution in [3.63, 3.8) is 0 Å². The molecule has 1 unspecified atom stereocenters. The average Bonchev–Trinajstić information content (AvgIpc) is 3.33. The van der Waals surface area contributed by atoms with Gasteiger partial charge in [0.15, 0.2) is 0 Å². The molecule has 0 saturated carbocycles. The quantitative estimate of drug-likeness (QED) is 0.305. The van der Waals surface area contributed by atoms with E-state index < -0.39 is 12.1 Å². The fourth-order valence-corrected chi connectivity index (χ4v) is 4.17. The predicted molar refractivity (Wildman–Crippen MR) is 135 cm³/mol. The number of halogens is 3. The first-order chi connectivity index (χ1) is 16.3. The molecule has 4 rings (SSSR count). The van der Waals surface area contributed by atoms with E-state index in [-0.39, 0.29) is 12.1 Å². The number of hydrogen-bond acceptors (Lipinski definition) is 4. The molecule has 2 aromatic carbocycles. The summed E-state index contributed by atoms with van der Waals surface area (Å²) >= 11 is 18.2. The Labute approximate surface area is 210 Å². The van der Waals surface area contributed by atoms with Gasteiger partial charge in [-0.3, -0.25) is 9.36 Å². The number of rotatable bonds is 6. The highest BCUT2D eigenvalue weighted by Gasteiger charge is 2.27. The van der Waals surface area contributed by atoms with Crippen molar-refractivity contribution in [2.45, 2.75) is 33.0 Å². The molecule has 0 aliphatic rings. The molecule has 2 heterocycles. The highest BCUT2D eigenvalue weighted by Crippen LogP contribution is 2.27. The van der Waals surface area contributed by atoms with Gasteiger partial charge in [-0.25, -0.2) is 9.78 Å². The zero-order valence-corrected chi connectivity index (χ0v) is 20.7. The van der Waals surface area contributed by atoms with E-state index >= 15 is 0 Å². The van der Waals surface area contributed by atoms with Crippen LogP contribution in [-0.2, 0) is 13.1 Å². The third-order valence-corrected chi connectivity index (χ3v) is 6.42. The van der Waals surface area contributed by atoms with E-state index in [1.54, 1.807) is 53.1 Å². The second-order valence-electron chi connectivity index (χ2n) is 7.62. The van der Waals surface area contributed by atoms with Crippen LogP contribution in [-0.4, -0.2) is 20.5 Å². The van der Waals surface area contributed by atoms with Crippen LogP contribution in [0, 0.1) is 0 Å². The van der Waals surface area contributed by atoms with Crippen molar-refractivity contribution < 1.29 is 9.21 Å². The van der Waals surface area contributed by atoms with E-state index in [0.29, 0.717) is 49.8 Å². The fourth-order valence-electron chi connectivity index (χ4n) is 3.70. The van der Waals surface area contributed by atoms with Gasteiger partial charge in [0.2, 0.25) is 0 Å². The monoisotopic (exact) mass is 518 g/mol. The number of nitrogens with one attached hydrogen (secondary N) is 1. The SMILES string of the molecule is CCn1c(C(C)N(Cc2ccco2)C(=O)Nc2ccc(Cl)c(Cl)c2)nc2ccc(Cl)cc2c1=O. The zero-order chi connectivity index (χ0) is 24.4. The van der Waals surface area contributed by atoms with Crippen LogP contribution in [0.15, 0.2) is 64.0 Å². The van der Waals surface area contributed by atoms with Gasteiger partial charge in [-0.1, -0.05) is 34.8 Å². The second kappa shape index (κ2) is 10.1. The highest BCUT2D eigenvalue weighted by molar-refractivity contribution is 6.42. The van der Waals surface area contributed by atoms with E-state index in [1.807, 2.05) is 13.8 Å². The number of anilines is 1. The van der Waals surface area contributed by atoms with Gasteiger partial charge in [-0.15, -0.1) is 0 Å². The van der Waals surface area contributed by atoms with Crippen LogP contribution in [0.25, 0.3) is 10.9 Å². The number of carbonyl (C=O) groups excluding carboxylic acids is 1. The number of hydrogen-bond donors (Lipinski definition) is 1. The third-order valence-electron chi connectivity index (χ3n) is 5.44. The van der Waals surface area contributed by atoms with Crippen LogP contribution in [0.5, 0.6) is 0 Å². The first-order valence-corrected chi connectivity index (χ1v) is 11.7. The molecule has 0 aliphatic carbocycles. The lowest BCUT2D eigenvalue weighted by Crippen LogP contribution is -2.39. The van der Waals surface area contributed by atoms with Gasteiger partial charge in [0.25, 0.3) is 5.56 Å². The number of fused-ring (bicyclic) bond motifs is 1. The minimum atomic E-state index is -0.583. The summed E-state index contributed by atoms with van der Waals surface area (Å²) in [4.78, 5) is 32.9. The Balaban J connectivity index is 1.76. The van der Waals surface area contributed by atoms with Crippen molar-refractivity contribution >= 4 is 57.4 Å². The van der Waals surface area contributed by atoms with E-state index in [4.69, 9.17) is 44.2 Å². The van der Waals surface area contributed by atoms with Gasteiger partial charge in [0, 0.05) is 17.3 Å². The molecule has 1 N–H and O–H groups in total. The first kappa shape index (κ1) is 24.1. The fraction of sp³-hybridized carbons (Fsp3) is 0.208. The number of amides is 2. The van der Waals surface area contributed by atoms with Crippen molar-refractivity contribution in [1.29, 1.82) is 0 Å². The van der Waals surface area contributed by atoms with Crippen LogP contribution < -0.4 is 10.9 Å². The molecule has 7 nitrogen and oxygen atoms in total. The van der Waals surface area contributed by atoms with Crippen LogP contribution in [0.1, 0.15) is 31.5 Å². The molecular formula is C24H21Cl3N4O3. The Kier molecular flexibility index (Phi) is 7.16. The molecule has 0 radical (unpaired) electrons. The number of benzene rings is 2. The van der Waals surface area contributed by atoms with Crippen LogP contribution in [0.4, 0.5) is 10.5 Å². The van der Waals surface area contributed by atoms with Gasteiger partial charge in [-0.2, -0.15) is 0 Å². The molecule has 0 saturated heterocycles. The van der Waals surface area contributed by atoms with Crippen LogP contribution >= 0.6 is 34.8 Å². The maximum absolute atomic E-state index is 13.4. The highest BCUT2D eigenvalue weighted by atomic mass is 35.5. The maximum atomic E-state index is 13.4. The molecule has 176 valence electrons. The van der Waals surface area contributed by atoms with E-state index in [1.165, 1.54) is 11.2 Å². The zero-order valence-electron chi connectivity index (χ0n) is 18.4. The van der Waals surface area contributed by atoms with Gasteiger partial charge < -0.3 is 14.6 Å². The third kappa shape index (κ3) is 4.92. The molecule has 2 aromatic heterocycles. The summed E-state index contributed by atoms with van der Waals surface area (Å²) in [6, 6.07) is 12.3. The second-order valence-corrected chi connectivity index (χ2v) is 8.87. The molecular weight excluding hydrogens is 499 g/mol. The number of urea groups is 1. The normalized spacial score (nSPS) is 12.0. The lowest BCUT2D eigenvalue weighted by Gasteiger charge is -2.30. The van der Waals surface area contributed by atoms with Crippen molar-refractivity contribution in [3.05, 3.63) is 91.8 Å². The summed E-state index contributed by atoms with van der Waals surface area (Å²) in [5.74, 6) is 1.02. The molecule has 4 aromatic rings. The first-order valence-electron chi connectivity index (χ1n) is 10.5. The van der Waals surface area contributed by atoms with Gasteiger partial charge >= 0.3 is 6.03 Å². The summed E-state index contributed by atoms with van der Waals surface area (Å²) < 4.78 is 7.03. The molecule has 0 fully saturated rings. The molecule has 0 spiro atoms. The molecule has 10 heteroatoms. The number of aromatic nitrogens is 2. The Hall–Kier alpha value is -3.00. The molecule has 1 atom stereocenters. The van der Waals surface area contributed by atoms with Crippen molar-refractivity contribution in [2.24, 2.45) is 0 Å². The van der Waals surface area contributed by atoms with Crippen LogP contribution in [0.2, 0.25) is 15.1 Å².